The van der Waals surface area contributed by atoms with Gasteiger partial charge in [0, 0.05) is 10.9 Å². The van der Waals surface area contributed by atoms with E-state index in [2.05, 4.69) is 18.8 Å². The predicted octanol–water partition coefficient (Wildman–Crippen LogP) is 3.34. The van der Waals surface area contributed by atoms with Crippen molar-refractivity contribution in [2.24, 2.45) is 5.92 Å². The van der Waals surface area contributed by atoms with Gasteiger partial charge in [-0.15, -0.1) is 0 Å². The van der Waals surface area contributed by atoms with E-state index < -0.39 is 0 Å². The Hall–Kier alpha value is -1.97. The topological polar surface area (TPSA) is 56.0 Å². The first-order valence-electron chi connectivity index (χ1n) is 5.60. The summed E-state index contributed by atoms with van der Waals surface area (Å²) in [6.45, 7) is 4.11. The van der Waals surface area contributed by atoms with Gasteiger partial charge in [0.05, 0.1) is 10.4 Å². The van der Waals surface area contributed by atoms with Crippen LogP contribution in [0.4, 0.5) is 5.69 Å². The third-order valence-electron chi connectivity index (χ3n) is 2.67. The lowest BCUT2D eigenvalue weighted by Crippen LogP contribution is -2.02. The molecule has 0 fully saturated rings. The summed E-state index contributed by atoms with van der Waals surface area (Å²) < 4.78 is 0. The van der Waals surface area contributed by atoms with Crippen molar-refractivity contribution in [1.82, 2.24) is 4.98 Å². The Labute approximate surface area is 99.4 Å². The van der Waals surface area contributed by atoms with E-state index in [9.17, 15) is 10.1 Å². The largest absolute Gasteiger partial charge is 0.291 e. The highest BCUT2D eigenvalue weighted by molar-refractivity contribution is 5.85. The summed E-state index contributed by atoms with van der Waals surface area (Å²) in [7, 11) is 0. The average molecular weight is 230 g/mol. The average Bonchev–Trinajstić information content (AvgIpc) is 2.28. The normalized spacial score (nSPS) is 11.0. The van der Waals surface area contributed by atoms with Crippen LogP contribution >= 0.6 is 0 Å². The third kappa shape index (κ3) is 2.25. The minimum absolute atomic E-state index is 0.123. The van der Waals surface area contributed by atoms with Gasteiger partial charge < -0.3 is 0 Å². The molecule has 0 aliphatic heterocycles. The SMILES string of the molecule is CC(C)Cc1c([N+](=O)[O-])cnc2ccccc12. The molecule has 1 aromatic carbocycles. The molecule has 0 unspecified atom stereocenters. The van der Waals surface area contributed by atoms with Gasteiger partial charge in [0.25, 0.3) is 5.69 Å². The van der Waals surface area contributed by atoms with Crippen molar-refractivity contribution >= 4 is 16.6 Å². The molecule has 88 valence electrons. The first-order valence-corrected chi connectivity index (χ1v) is 5.60. The van der Waals surface area contributed by atoms with E-state index in [-0.39, 0.29) is 10.6 Å². The zero-order valence-electron chi connectivity index (χ0n) is 9.88. The molecule has 0 bridgehead atoms. The highest BCUT2D eigenvalue weighted by Crippen LogP contribution is 2.28. The second kappa shape index (κ2) is 4.49. The number of pyridine rings is 1. The zero-order valence-corrected chi connectivity index (χ0v) is 9.88. The van der Waals surface area contributed by atoms with Crippen LogP contribution in [0, 0.1) is 16.0 Å². The van der Waals surface area contributed by atoms with Crippen LogP contribution in [0.15, 0.2) is 30.5 Å². The molecule has 2 aromatic rings. The summed E-state index contributed by atoms with van der Waals surface area (Å²) >= 11 is 0. The van der Waals surface area contributed by atoms with Gasteiger partial charge in [0.2, 0.25) is 0 Å². The lowest BCUT2D eigenvalue weighted by atomic mass is 9.98. The maximum atomic E-state index is 11.0. The van der Waals surface area contributed by atoms with Crippen molar-refractivity contribution in [3.05, 3.63) is 46.1 Å². The standard InChI is InChI=1S/C13H14N2O2/c1-9(2)7-11-10-5-3-4-6-12(10)14-8-13(11)15(16)17/h3-6,8-9H,7H2,1-2H3. The van der Waals surface area contributed by atoms with Crippen molar-refractivity contribution in [1.29, 1.82) is 0 Å². The highest BCUT2D eigenvalue weighted by Gasteiger charge is 2.18. The molecule has 0 spiro atoms. The second-order valence-electron chi connectivity index (χ2n) is 4.49. The van der Waals surface area contributed by atoms with E-state index in [1.807, 2.05) is 24.3 Å². The minimum Gasteiger partial charge on any atom is -0.258 e. The van der Waals surface area contributed by atoms with Gasteiger partial charge in [-0.25, -0.2) is 4.98 Å². The maximum Gasteiger partial charge on any atom is 0.291 e. The van der Waals surface area contributed by atoms with Crippen LogP contribution in [-0.4, -0.2) is 9.91 Å². The van der Waals surface area contributed by atoms with Gasteiger partial charge in [0.15, 0.2) is 0 Å². The molecule has 0 saturated carbocycles. The molecule has 4 heteroatoms. The zero-order chi connectivity index (χ0) is 12.4. The molecular weight excluding hydrogens is 216 g/mol. The van der Waals surface area contributed by atoms with E-state index in [1.54, 1.807) is 0 Å². The van der Waals surface area contributed by atoms with Crippen molar-refractivity contribution < 1.29 is 4.92 Å². The fourth-order valence-electron chi connectivity index (χ4n) is 1.97. The molecular formula is C13H14N2O2. The summed E-state index contributed by atoms with van der Waals surface area (Å²) in [4.78, 5) is 14.8. The quantitative estimate of drug-likeness (QED) is 0.600. The Morgan fingerprint density at radius 2 is 2.06 bits per heavy atom. The number of aromatic nitrogens is 1. The fraction of sp³-hybridized carbons (Fsp3) is 0.308. The molecule has 17 heavy (non-hydrogen) atoms. The monoisotopic (exact) mass is 230 g/mol. The van der Waals surface area contributed by atoms with E-state index >= 15 is 0 Å². The Morgan fingerprint density at radius 3 is 2.71 bits per heavy atom. The van der Waals surface area contributed by atoms with Gasteiger partial charge in [-0.05, 0) is 18.4 Å². The van der Waals surface area contributed by atoms with E-state index in [0.29, 0.717) is 12.3 Å². The fourth-order valence-corrected chi connectivity index (χ4v) is 1.97. The molecule has 0 aliphatic carbocycles. The van der Waals surface area contributed by atoms with Crippen LogP contribution in [0.3, 0.4) is 0 Å². The van der Waals surface area contributed by atoms with Crippen LogP contribution in [0.2, 0.25) is 0 Å². The lowest BCUT2D eigenvalue weighted by molar-refractivity contribution is -0.385. The number of hydrogen-bond acceptors (Lipinski definition) is 3. The Kier molecular flexibility index (Phi) is 3.04. The minimum atomic E-state index is -0.350. The van der Waals surface area contributed by atoms with Crippen molar-refractivity contribution in [3.63, 3.8) is 0 Å². The number of benzene rings is 1. The molecule has 2 rings (SSSR count). The Morgan fingerprint density at radius 1 is 1.35 bits per heavy atom. The first kappa shape index (κ1) is 11.5. The molecule has 0 N–H and O–H groups in total. The highest BCUT2D eigenvalue weighted by atomic mass is 16.6. The van der Waals surface area contributed by atoms with Gasteiger partial charge >= 0.3 is 0 Å². The molecule has 1 aromatic heterocycles. The number of hydrogen-bond donors (Lipinski definition) is 0. The van der Waals surface area contributed by atoms with Crippen molar-refractivity contribution in [2.75, 3.05) is 0 Å². The summed E-state index contributed by atoms with van der Waals surface area (Å²) in [5, 5.41) is 11.9. The molecule has 4 nitrogen and oxygen atoms in total. The molecule has 0 radical (unpaired) electrons. The number of nitrogens with zero attached hydrogens (tertiary/aromatic N) is 2. The first-order chi connectivity index (χ1) is 8.09. The van der Waals surface area contributed by atoms with Crippen LogP contribution in [0.5, 0.6) is 0 Å². The summed E-state index contributed by atoms with van der Waals surface area (Å²) in [5.74, 6) is 0.375. The molecule has 1 heterocycles. The maximum absolute atomic E-state index is 11.0. The van der Waals surface area contributed by atoms with Crippen molar-refractivity contribution in [3.8, 4) is 0 Å². The van der Waals surface area contributed by atoms with E-state index in [1.165, 1.54) is 6.20 Å². The third-order valence-corrected chi connectivity index (χ3v) is 2.67. The van der Waals surface area contributed by atoms with Gasteiger partial charge in [-0.2, -0.15) is 0 Å². The molecule has 0 amide bonds. The molecule has 0 atom stereocenters. The molecule has 0 saturated heterocycles. The number of nitro groups is 1. The van der Waals surface area contributed by atoms with Crippen LogP contribution in [0.1, 0.15) is 19.4 Å². The van der Waals surface area contributed by atoms with Crippen LogP contribution in [-0.2, 0) is 6.42 Å². The van der Waals surface area contributed by atoms with Crippen LogP contribution < -0.4 is 0 Å². The summed E-state index contributed by atoms with van der Waals surface area (Å²) in [5.41, 5.74) is 1.72. The number of fused-ring (bicyclic) bond motifs is 1. The van der Waals surface area contributed by atoms with Gasteiger partial charge in [-0.3, -0.25) is 10.1 Å². The van der Waals surface area contributed by atoms with E-state index in [4.69, 9.17) is 0 Å². The smallest absolute Gasteiger partial charge is 0.258 e. The number of rotatable bonds is 3. The second-order valence-corrected chi connectivity index (χ2v) is 4.49. The van der Waals surface area contributed by atoms with Crippen molar-refractivity contribution in [2.45, 2.75) is 20.3 Å². The number of para-hydroxylation sites is 1. The summed E-state index contributed by atoms with van der Waals surface area (Å²) in [6.07, 6.45) is 2.05. The Balaban J connectivity index is 2.70. The lowest BCUT2D eigenvalue weighted by Gasteiger charge is -2.09. The Bertz CT molecular complexity index is 564. The van der Waals surface area contributed by atoms with E-state index in [0.717, 1.165) is 16.5 Å². The van der Waals surface area contributed by atoms with Gasteiger partial charge in [0.1, 0.15) is 6.20 Å². The van der Waals surface area contributed by atoms with Crippen LogP contribution in [0.25, 0.3) is 10.9 Å². The van der Waals surface area contributed by atoms with Gasteiger partial charge in [-0.1, -0.05) is 32.0 Å². The summed E-state index contributed by atoms with van der Waals surface area (Å²) in [6, 6.07) is 7.55. The molecule has 0 aliphatic rings. The predicted molar refractivity (Wildman–Crippen MR) is 66.9 cm³/mol.